The van der Waals surface area contributed by atoms with Crippen LogP contribution in [0.25, 0.3) is 0 Å². The number of aliphatic carboxylic acids is 1. The molecule has 1 saturated carbocycles. The Kier molecular flexibility index (Phi) is 3.98. The third-order valence-electron chi connectivity index (χ3n) is 2.98. The molecule has 1 heterocycles. The van der Waals surface area contributed by atoms with E-state index in [1.54, 1.807) is 11.9 Å². The van der Waals surface area contributed by atoms with E-state index in [2.05, 4.69) is 15.2 Å². The standard InChI is InChI=1S/C11H17N5O3/c1-15(6-9-12-7-13-14-9)11(19)16(8-2-3-8)5-4-10(17)18/h7-8H,2-6H2,1H3,(H,17,18)(H,12,13,14). The molecule has 2 rings (SSSR count). The second-order valence-corrected chi connectivity index (χ2v) is 4.64. The fourth-order valence-electron chi connectivity index (χ4n) is 1.86. The van der Waals surface area contributed by atoms with Gasteiger partial charge >= 0.3 is 12.0 Å². The van der Waals surface area contributed by atoms with Crippen molar-refractivity contribution in [2.45, 2.75) is 31.8 Å². The summed E-state index contributed by atoms with van der Waals surface area (Å²) < 4.78 is 0. The molecule has 0 radical (unpaired) electrons. The molecule has 104 valence electrons. The molecule has 0 bridgehead atoms. The van der Waals surface area contributed by atoms with E-state index in [0.29, 0.717) is 12.4 Å². The van der Waals surface area contributed by atoms with E-state index in [1.807, 2.05) is 0 Å². The minimum atomic E-state index is -0.892. The highest BCUT2D eigenvalue weighted by Gasteiger charge is 2.34. The van der Waals surface area contributed by atoms with Gasteiger partial charge in [0, 0.05) is 19.6 Å². The van der Waals surface area contributed by atoms with Crippen LogP contribution in [0.3, 0.4) is 0 Å². The molecular weight excluding hydrogens is 250 g/mol. The van der Waals surface area contributed by atoms with Crippen LogP contribution in [0.1, 0.15) is 25.1 Å². The molecule has 2 amide bonds. The predicted octanol–water partition coefficient (Wildman–Crippen LogP) is 0.296. The Labute approximate surface area is 110 Å². The predicted molar refractivity (Wildman–Crippen MR) is 65.2 cm³/mol. The molecule has 1 aromatic heterocycles. The number of nitrogens with one attached hydrogen (secondary N) is 1. The molecule has 1 aliphatic carbocycles. The molecule has 0 aliphatic heterocycles. The Bertz CT molecular complexity index is 443. The van der Waals surface area contributed by atoms with Crippen LogP contribution in [0, 0.1) is 0 Å². The first kappa shape index (κ1) is 13.3. The summed E-state index contributed by atoms with van der Waals surface area (Å²) in [6.07, 6.45) is 3.25. The second-order valence-electron chi connectivity index (χ2n) is 4.64. The molecule has 1 aromatic rings. The number of hydrogen-bond donors (Lipinski definition) is 2. The normalized spacial score (nSPS) is 14.2. The average molecular weight is 267 g/mol. The van der Waals surface area contributed by atoms with Crippen LogP contribution in [0.4, 0.5) is 4.79 Å². The maximum Gasteiger partial charge on any atom is 0.320 e. The van der Waals surface area contributed by atoms with Gasteiger partial charge in [0.05, 0.1) is 13.0 Å². The highest BCUT2D eigenvalue weighted by molar-refractivity contribution is 5.76. The van der Waals surface area contributed by atoms with E-state index in [0.717, 1.165) is 12.8 Å². The van der Waals surface area contributed by atoms with E-state index in [-0.39, 0.29) is 25.0 Å². The number of nitrogens with zero attached hydrogens (tertiary/aromatic N) is 4. The van der Waals surface area contributed by atoms with Gasteiger partial charge in [0.1, 0.15) is 12.2 Å². The number of carbonyl (C=O) groups excluding carboxylic acids is 1. The first-order valence-corrected chi connectivity index (χ1v) is 6.15. The highest BCUT2D eigenvalue weighted by Crippen LogP contribution is 2.27. The van der Waals surface area contributed by atoms with Crippen molar-refractivity contribution in [3.63, 3.8) is 0 Å². The van der Waals surface area contributed by atoms with E-state index >= 15 is 0 Å². The molecular formula is C11H17N5O3. The molecule has 8 heteroatoms. The summed E-state index contributed by atoms with van der Waals surface area (Å²) in [5.41, 5.74) is 0. The number of rotatable bonds is 6. The van der Waals surface area contributed by atoms with E-state index in [1.165, 1.54) is 11.2 Å². The maximum absolute atomic E-state index is 12.3. The van der Waals surface area contributed by atoms with Crippen molar-refractivity contribution in [2.24, 2.45) is 0 Å². The van der Waals surface area contributed by atoms with Crippen LogP contribution in [0.5, 0.6) is 0 Å². The summed E-state index contributed by atoms with van der Waals surface area (Å²) >= 11 is 0. The molecule has 1 fully saturated rings. The second kappa shape index (κ2) is 5.68. The fourth-order valence-corrected chi connectivity index (χ4v) is 1.86. The number of H-pyrrole nitrogens is 1. The highest BCUT2D eigenvalue weighted by atomic mass is 16.4. The fraction of sp³-hybridized carbons (Fsp3) is 0.636. The Morgan fingerprint density at radius 3 is 2.79 bits per heavy atom. The summed E-state index contributed by atoms with van der Waals surface area (Å²) in [5, 5.41) is 15.1. The lowest BCUT2D eigenvalue weighted by Crippen LogP contribution is -2.43. The van der Waals surface area contributed by atoms with Crippen molar-refractivity contribution in [3.05, 3.63) is 12.2 Å². The van der Waals surface area contributed by atoms with Crippen LogP contribution >= 0.6 is 0 Å². The van der Waals surface area contributed by atoms with Gasteiger partial charge in [-0.3, -0.25) is 9.89 Å². The molecule has 0 spiro atoms. The Balaban J connectivity index is 1.92. The SMILES string of the molecule is CN(Cc1ncn[nH]1)C(=O)N(CCC(=O)O)C1CC1. The van der Waals surface area contributed by atoms with Crippen molar-refractivity contribution >= 4 is 12.0 Å². The van der Waals surface area contributed by atoms with Gasteiger partial charge in [-0.25, -0.2) is 9.78 Å². The zero-order chi connectivity index (χ0) is 13.8. The van der Waals surface area contributed by atoms with Gasteiger partial charge in [-0.15, -0.1) is 0 Å². The van der Waals surface area contributed by atoms with Gasteiger partial charge in [0.25, 0.3) is 0 Å². The zero-order valence-corrected chi connectivity index (χ0v) is 10.7. The van der Waals surface area contributed by atoms with Crippen LogP contribution in [0.2, 0.25) is 0 Å². The Morgan fingerprint density at radius 2 is 2.26 bits per heavy atom. The number of carbonyl (C=O) groups is 2. The Morgan fingerprint density at radius 1 is 1.53 bits per heavy atom. The largest absolute Gasteiger partial charge is 0.481 e. The zero-order valence-electron chi connectivity index (χ0n) is 10.7. The average Bonchev–Trinajstić information content (AvgIpc) is 3.06. The number of urea groups is 1. The summed E-state index contributed by atoms with van der Waals surface area (Å²) in [6, 6.07) is 0.0178. The van der Waals surface area contributed by atoms with Crippen molar-refractivity contribution in [1.82, 2.24) is 25.0 Å². The lowest BCUT2D eigenvalue weighted by atomic mass is 10.3. The molecule has 0 saturated heterocycles. The van der Waals surface area contributed by atoms with Gasteiger partial charge in [0.2, 0.25) is 0 Å². The minimum Gasteiger partial charge on any atom is -0.481 e. The van der Waals surface area contributed by atoms with Gasteiger partial charge < -0.3 is 14.9 Å². The smallest absolute Gasteiger partial charge is 0.320 e. The third-order valence-corrected chi connectivity index (χ3v) is 2.98. The number of hydrogen-bond acceptors (Lipinski definition) is 4. The molecule has 0 unspecified atom stereocenters. The molecule has 2 N–H and O–H groups in total. The van der Waals surface area contributed by atoms with Gasteiger partial charge in [-0.05, 0) is 12.8 Å². The molecule has 0 aromatic carbocycles. The van der Waals surface area contributed by atoms with Crippen LogP contribution in [0.15, 0.2) is 6.33 Å². The molecule has 1 aliphatic rings. The van der Waals surface area contributed by atoms with E-state index < -0.39 is 5.97 Å². The first-order chi connectivity index (χ1) is 9.08. The lowest BCUT2D eigenvalue weighted by Gasteiger charge is -2.27. The number of carboxylic acids is 1. The number of aromatic amines is 1. The maximum atomic E-state index is 12.3. The van der Waals surface area contributed by atoms with Gasteiger partial charge in [0.15, 0.2) is 0 Å². The Hall–Kier alpha value is -2.12. The third kappa shape index (κ3) is 3.67. The summed E-state index contributed by atoms with van der Waals surface area (Å²) in [5.74, 6) is -0.291. The van der Waals surface area contributed by atoms with Crippen molar-refractivity contribution < 1.29 is 14.7 Å². The summed E-state index contributed by atoms with van der Waals surface area (Å²) in [6.45, 7) is 0.578. The van der Waals surface area contributed by atoms with Gasteiger partial charge in [-0.1, -0.05) is 0 Å². The number of amides is 2. The van der Waals surface area contributed by atoms with E-state index in [4.69, 9.17) is 5.11 Å². The van der Waals surface area contributed by atoms with Crippen molar-refractivity contribution in [2.75, 3.05) is 13.6 Å². The van der Waals surface area contributed by atoms with Crippen LogP contribution in [-0.4, -0.2) is 61.7 Å². The summed E-state index contributed by atoms with van der Waals surface area (Å²) in [7, 11) is 1.67. The van der Waals surface area contributed by atoms with Crippen molar-refractivity contribution in [3.8, 4) is 0 Å². The first-order valence-electron chi connectivity index (χ1n) is 6.15. The molecule has 19 heavy (non-hydrogen) atoms. The quantitative estimate of drug-likeness (QED) is 0.771. The summed E-state index contributed by atoms with van der Waals surface area (Å²) in [4.78, 5) is 30.0. The minimum absolute atomic E-state index is 0.0294. The van der Waals surface area contributed by atoms with Crippen LogP contribution in [-0.2, 0) is 11.3 Å². The molecule has 0 atom stereocenters. The van der Waals surface area contributed by atoms with Gasteiger partial charge in [-0.2, -0.15) is 5.10 Å². The topological polar surface area (TPSA) is 102 Å². The van der Waals surface area contributed by atoms with Crippen molar-refractivity contribution in [1.29, 1.82) is 0 Å². The van der Waals surface area contributed by atoms with E-state index in [9.17, 15) is 9.59 Å². The number of carboxylic acid groups (broad SMARTS) is 1. The molecule has 8 nitrogen and oxygen atoms in total. The number of aromatic nitrogens is 3. The monoisotopic (exact) mass is 267 g/mol. The lowest BCUT2D eigenvalue weighted by molar-refractivity contribution is -0.137. The van der Waals surface area contributed by atoms with Crippen LogP contribution < -0.4 is 0 Å².